The van der Waals surface area contributed by atoms with Gasteiger partial charge in [-0.25, -0.2) is 4.39 Å². The molecule has 0 spiro atoms. The maximum Gasteiger partial charge on any atom is 0.251 e. The number of amides is 1. The van der Waals surface area contributed by atoms with E-state index in [1.807, 2.05) is 36.4 Å². The molecule has 0 aromatic heterocycles. The molecule has 41 heavy (non-hydrogen) atoms. The highest BCUT2D eigenvalue weighted by molar-refractivity contribution is 5.94. The number of piperazine rings is 1. The van der Waals surface area contributed by atoms with Gasteiger partial charge in [0.15, 0.2) is 0 Å². The first-order chi connectivity index (χ1) is 19.7. The average Bonchev–Trinajstić information content (AvgIpc) is 2.96. The summed E-state index contributed by atoms with van der Waals surface area (Å²) in [6.07, 6.45) is 3.43. The monoisotopic (exact) mass is 557 g/mol. The molecular weight excluding hydrogens is 511 g/mol. The standard InChI is InChI=1S/C35H45FN4O/c1-26-24-39(17-18-40(26,3)4)25-30-8-6-9-31(21-30)33-22-29(11-12-34(33)36)23-37-35(41)32-10-5-7-28(20-32)19-27-13-15-38(2)16-14-27/h5-12,20-22,26-27H,13-19,23-25H2,1-4H3/p+1/t26-/m0/s1. The molecule has 0 radical (unpaired) electrons. The van der Waals surface area contributed by atoms with E-state index in [1.165, 1.54) is 30.0 Å². The van der Waals surface area contributed by atoms with E-state index in [9.17, 15) is 4.79 Å². The van der Waals surface area contributed by atoms with Gasteiger partial charge in [0, 0.05) is 30.8 Å². The minimum Gasteiger partial charge on any atom is -0.348 e. The quantitative estimate of drug-likeness (QED) is 0.367. The summed E-state index contributed by atoms with van der Waals surface area (Å²) >= 11 is 0. The van der Waals surface area contributed by atoms with Crippen molar-refractivity contribution >= 4 is 5.91 Å². The molecule has 5 rings (SSSR count). The lowest BCUT2D eigenvalue weighted by atomic mass is 9.90. The molecule has 1 N–H and O–H groups in total. The number of quaternary nitrogens is 1. The summed E-state index contributed by atoms with van der Waals surface area (Å²) in [6, 6.07) is 22.0. The van der Waals surface area contributed by atoms with Gasteiger partial charge < -0.3 is 14.7 Å². The van der Waals surface area contributed by atoms with Gasteiger partial charge in [-0.2, -0.15) is 0 Å². The van der Waals surface area contributed by atoms with Crippen LogP contribution in [0.3, 0.4) is 0 Å². The first-order valence-corrected chi connectivity index (χ1v) is 15.1. The molecule has 218 valence electrons. The number of nitrogens with zero attached hydrogens (tertiary/aromatic N) is 3. The number of likely N-dealkylation sites (tertiary alicyclic amines) is 1. The summed E-state index contributed by atoms with van der Waals surface area (Å²) in [5, 5.41) is 3.05. The van der Waals surface area contributed by atoms with Crippen molar-refractivity contribution in [3.05, 3.63) is 94.8 Å². The van der Waals surface area contributed by atoms with Gasteiger partial charge in [0.05, 0.1) is 33.2 Å². The number of carbonyl (C=O) groups is 1. The summed E-state index contributed by atoms with van der Waals surface area (Å²) in [7, 11) is 6.78. The van der Waals surface area contributed by atoms with Crippen molar-refractivity contribution in [1.29, 1.82) is 0 Å². The Bertz CT molecular complexity index is 1350. The Morgan fingerprint density at radius 2 is 1.71 bits per heavy atom. The number of likely N-dealkylation sites (N-methyl/N-ethyl adjacent to an activating group) is 1. The third-order valence-electron chi connectivity index (χ3n) is 9.39. The molecule has 2 heterocycles. The van der Waals surface area contributed by atoms with E-state index in [4.69, 9.17) is 0 Å². The molecule has 5 nitrogen and oxygen atoms in total. The molecule has 2 fully saturated rings. The molecule has 2 aliphatic rings. The van der Waals surface area contributed by atoms with Gasteiger partial charge in [-0.05, 0) is 105 Å². The molecule has 2 aliphatic heterocycles. The van der Waals surface area contributed by atoms with Crippen LogP contribution in [0.5, 0.6) is 0 Å². The third kappa shape index (κ3) is 7.62. The van der Waals surface area contributed by atoms with Crippen LogP contribution in [0.4, 0.5) is 4.39 Å². The van der Waals surface area contributed by atoms with Crippen LogP contribution < -0.4 is 5.32 Å². The number of piperidine rings is 1. The Hall–Kier alpha value is -3.06. The van der Waals surface area contributed by atoms with E-state index in [0.717, 1.165) is 61.3 Å². The predicted octanol–water partition coefficient (Wildman–Crippen LogP) is 5.59. The predicted molar refractivity (Wildman–Crippen MR) is 165 cm³/mol. The zero-order valence-electron chi connectivity index (χ0n) is 25.2. The van der Waals surface area contributed by atoms with Crippen molar-refractivity contribution in [2.75, 3.05) is 53.9 Å². The van der Waals surface area contributed by atoms with Crippen molar-refractivity contribution in [3.8, 4) is 11.1 Å². The lowest BCUT2D eigenvalue weighted by Crippen LogP contribution is -2.59. The Morgan fingerprint density at radius 3 is 2.49 bits per heavy atom. The summed E-state index contributed by atoms with van der Waals surface area (Å²) < 4.78 is 16.1. The zero-order chi connectivity index (χ0) is 29.0. The van der Waals surface area contributed by atoms with Gasteiger partial charge >= 0.3 is 0 Å². The molecule has 0 aliphatic carbocycles. The van der Waals surface area contributed by atoms with E-state index in [0.29, 0.717) is 29.6 Å². The van der Waals surface area contributed by atoms with E-state index in [-0.39, 0.29) is 11.7 Å². The minimum atomic E-state index is -0.246. The largest absolute Gasteiger partial charge is 0.348 e. The fourth-order valence-electron chi connectivity index (χ4n) is 6.17. The normalized spacial score (nSPS) is 20.2. The van der Waals surface area contributed by atoms with Crippen LogP contribution in [0, 0.1) is 11.7 Å². The molecule has 1 atom stereocenters. The number of hydrogen-bond acceptors (Lipinski definition) is 3. The Kier molecular flexibility index (Phi) is 9.22. The lowest BCUT2D eigenvalue weighted by Gasteiger charge is -2.44. The smallest absolute Gasteiger partial charge is 0.251 e. The molecular formula is C35H46FN4O+. The molecule has 3 aromatic carbocycles. The highest BCUT2D eigenvalue weighted by Gasteiger charge is 2.31. The van der Waals surface area contributed by atoms with E-state index < -0.39 is 0 Å². The number of benzene rings is 3. The number of halogens is 1. The molecule has 2 saturated heterocycles. The van der Waals surface area contributed by atoms with Crippen molar-refractivity contribution in [2.45, 2.75) is 45.3 Å². The van der Waals surface area contributed by atoms with Crippen LogP contribution in [0.1, 0.15) is 46.8 Å². The van der Waals surface area contributed by atoms with Gasteiger partial charge in [0.25, 0.3) is 5.91 Å². The van der Waals surface area contributed by atoms with Crippen LogP contribution in [-0.4, -0.2) is 80.1 Å². The van der Waals surface area contributed by atoms with E-state index in [2.05, 4.69) is 61.4 Å². The Balaban J connectivity index is 1.21. The van der Waals surface area contributed by atoms with Gasteiger partial charge in [-0.1, -0.05) is 36.4 Å². The van der Waals surface area contributed by atoms with Crippen molar-refractivity contribution in [3.63, 3.8) is 0 Å². The fourth-order valence-corrected chi connectivity index (χ4v) is 6.17. The summed E-state index contributed by atoms with van der Waals surface area (Å²) in [5.41, 5.74) is 5.42. The number of rotatable bonds is 8. The van der Waals surface area contributed by atoms with E-state index >= 15 is 4.39 Å². The first kappa shape index (κ1) is 29.4. The van der Waals surface area contributed by atoms with E-state index in [1.54, 1.807) is 6.07 Å². The van der Waals surface area contributed by atoms with Crippen LogP contribution >= 0.6 is 0 Å². The second-order valence-electron chi connectivity index (χ2n) is 12.9. The van der Waals surface area contributed by atoms with Crippen LogP contribution in [0.25, 0.3) is 11.1 Å². The molecule has 0 bridgehead atoms. The third-order valence-corrected chi connectivity index (χ3v) is 9.39. The lowest BCUT2D eigenvalue weighted by molar-refractivity contribution is -0.917. The number of nitrogens with one attached hydrogen (secondary N) is 1. The Morgan fingerprint density at radius 1 is 0.951 bits per heavy atom. The summed E-state index contributed by atoms with van der Waals surface area (Å²) in [6.45, 7) is 9.07. The van der Waals surface area contributed by atoms with Gasteiger partial charge in [0.1, 0.15) is 5.82 Å². The molecule has 3 aromatic rings. The highest BCUT2D eigenvalue weighted by Crippen LogP contribution is 2.27. The first-order valence-electron chi connectivity index (χ1n) is 15.1. The van der Waals surface area contributed by atoms with Crippen molar-refractivity contribution < 1.29 is 13.7 Å². The number of hydrogen-bond donors (Lipinski definition) is 1. The maximum atomic E-state index is 15.0. The topological polar surface area (TPSA) is 35.6 Å². The highest BCUT2D eigenvalue weighted by atomic mass is 19.1. The number of carbonyl (C=O) groups excluding carboxylic acids is 1. The average molecular weight is 558 g/mol. The second kappa shape index (κ2) is 12.8. The molecule has 6 heteroatoms. The molecule has 0 saturated carbocycles. The maximum absolute atomic E-state index is 15.0. The van der Waals surface area contributed by atoms with Crippen LogP contribution in [-0.2, 0) is 19.5 Å². The van der Waals surface area contributed by atoms with Crippen LogP contribution in [0.2, 0.25) is 0 Å². The summed E-state index contributed by atoms with van der Waals surface area (Å²) in [5.74, 6) is 0.334. The molecule has 0 unspecified atom stereocenters. The van der Waals surface area contributed by atoms with Gasteiger partial charge in [-0.15, -0.1) is 0 Å². The van der Waals surface area contributed by atoms with Crippen molar-refractivity contribution in [1.82, 2.24) is 15.1 Å². The second-order valence-corrected chi connectivity index (χ2v) is 12.9. The van der Waals surface area contributed by atoms with Gasteiger partial charge in [0.2, 0.25) is 0 Å². The van der Waals surface area contributed by atoms with Gasteiger partial charge in [-0.3, -0.25) is 9.69 Å². The Labute approximate surface area is 245 Å². The minimum absolute atomic E-state index is 0.0966. The van der Waals surface area contributed by atoms with Crippen LogP contribution in [0.15, 0.2) is 66.7 Å². The van der Waals surface area contributed by atoms with Crippen molar-refractivity contribution in [2.24, 2.45) is 5.92 Å². The zero-order valence-corrected chi connectivity index (χ0v) is 25.2. The summed E-state index contributed by atoms with van der Waals surface area (Å²) in [4.78, 5) is 17.9. The molecule has 1 amide bonds. The fraction of sp³-hybridized carbons (Fsp3) is 0.457. The SMILES string of the molecule is C[C@H]1CN(Cc2cccc(-c3cc(CNC(=O)c4cccc(CC5CCN(C)CC5)c4)ccc3F)c2)CC[N+]1(C)C.